The average Bonchev–Trinajstić information content (AvgIpc) is 2.12. The minimum atomic E-state index is -0.720. The number of hydrogen-bond donors (Lipinski definition) is 2. The van der Waals surface area contributed by atoms with Crippen molar-refractivity contribution in [1.29, 1.82) is 0 Å². The van der Waals surface area contributed by atoms with Crippen molar-refractivity contribution in [1.82, 2.24) is 5.32 Å². The summed E-state index contributed by atoms with van der Waals surface area (Å²) in [5, 5.41) is 11.2. The standard InChI is InChI=1S/C5H9NO2.Na/c7-5(8)4-2-1-3-6-4;/h4,6H,1-3H2,(H,7,8);/q;+1/t4-;/m0./s1. The maximum absolute atomic E-state index is 10.1. The van der Waals surface area contributed by atoms with E-state index in [0.29, 0.717) is 0 Å². The van der Waals surface area contributed by atoms with Crippen LogP contribution >= 0.6 is 0 Å². The van der Waals surface area contributed by atoms with E-state index in [0.717, 1.165) is 19.4 Å². The van der Waals surface area contributed by atoms with E-state index in [4.69, 9.17) is 5.11 Å². The normalized spacial score (nSPS) is 25.1. The van der Waals surface area contributed by atoms with Gasteiger partial charge < -0.3 is 10.4 Å². The topological polar surface area (TPSA) is 49.3 Å². The Labute approximate surface area is 76.1 Å². The Kier molecular flexibility index (Phi) is 4.48. The molecule has 1 rings (SSSR count). The van der Waals surface area contributed by atoms with Gasteiger partial charge in [0.2, 0.25) is 0 Å². The van der Waals surface area contributed by atoms with Crippen molar-refractivity contribution in [3.8, 4) is 0 Å². The molecule has 0 aromatic carbocycles. The molecule has 0 spiro atoms. The SMILES string of the molecule is O=C(O)[C@@H]1CCCN1.[Na+]. The minimum absolute atomic E-state index is 0. The van der Waals surface area contributed by atoms with Crippen LogP contribution in [0.1, 0.15) is 12.8 Å². The van der Waals surface area contributed by atoms with Crippen LogP contribution in [0.25, 0.3) is 0 Å². The number of carboxylic acid groups (broad SMARTS) is 1. The summed E-state index contributed by atoms with van der Waals surface area (Å²) in [7, 11) is 0. The fourth-order valence-corrected chi connectivity index (χ4v) is 0.895. The molecule has 0 bridgehead atoms. The quantitative estimate of drug-likeness (QED) is 0.376. The van der Waals surface area contributed by atoms with Crippen molar-refractivity contribution < 1.29 is 39.5 Å². The molecule has 1 aliphatic rings. The molecule has 1 heterocycles. The summed E-state index contributed by atoms with van der Waals surface area (Å²) >= 11 is 0. The van der Waals surface area contributed by atoms with Crippen LogP contribution in [-0.4, -0.2) is 23.7 Å². The molecule has 1 aliphatic heterocycles. The fourth-order valence-electron chi connectivity index (χ4n) is 0.895. The number of aliphatic carboxylic acids is 1. The Balaban J connectivity index is 0.000000640. The number of carbonyl (C=O) groups is 1. The minimum Gasteiger partial charge on any atom is -0.480 e. The summed E-state index contributed by atoms with van der Waals surface area (Å²) in [6, 6.07) is -0.269. The van der Waals surface area contributed by atoms with Gasteiger partial charge in [-0.2, -0.15) is 0 Å². The third kappa shape index (κ3) is 2.67. The Bertz CT molecular complexity index is 101. The van der Waals surface area contributed by atoms with E-state index in [9.17, 15) is 4.79 Å². The second-order valence-electron chi connectivity index (χ2n) is 1.99. The van der Waals surface area contributed by atoms with Crippen molar-refractivity contribution in [2.45, 2.75) is 18.9 Å². The van der Waals surface area contributed by atoms with E-state index >= 15 is 0 Å². The maximum Gasteiger partial charge on any atom is 1.00 e. The first-order valence-electron chi connectivity index (χ1n) is 2.77. The molecule has 2 N–H and O–H groups in total. The number of nitrogens with one attached hydrogen (secondary N) is 1. The third-order valence-corrected chi connectivity index (χ3v) is 1.36. The van der Waals surface area contributed by atoms with Crippen LogP contribution in [-0.2, 0) is 4.79 Å². The third-order valence-electron chi connectivity index (χ3n) is 1.36. The molecule has 0 unspecified atom stereocenters. The Morgan fingerprint density at radius 3 is 2.56 bits per heavy atom. The van der Waals surface area contributed by atoms with Crippen LogP contribution in [0.4, 0.5) is 0 Å². The molecule has 0 saturated carbocycles. The zero-order valence-corrected chi connectivity index (χ0v) is 7.55. The largest absolute Gasteiger partial charge is 1.00 e. The van der Waals surface area contributed by atoms with Gasteiger partial charge in [-0.05, 0) is 19.4 Å². The van der Waals surface area contributed by atoms with Gasteiger partial charge in [-0.15, -0.1) is 0 Å². The fraction of sp³-hybridized carbons (Fsp3) is 0.800. The maximum atomic E-state index is 10.1. The number of rotatable bonds is 1. The van der Waals surface area contributed by atoms with Crippen LogP contribution in [0.2, 0.25) is 0 Å². The van der Waals surface area contributed by atoms with Gasteiger partial charge in [-0.25, -0.2) is 0 Å². The van der Waals surface area contributed by atoms with Crippen LogP contribution < -0.4 is 34.9 Å². The van der Waals surface area contributed by atoms with Gasteiger partial charge in [0, 0.05) is 0 Å². The smallest absolute Gasteiger partial charge is 0.480 e. The molecule has 9 heavy (non-hydrogen) atoms. The predicted molar refractivity (Wildman–Crippen MR) is 28.7 cm³/mol. The van der Waals surface area contributed by atoms with Gasteiger partial charge in [0.05, 0.1) is 0 Å². The molecule has 0 aromatic rings. The molecule has 4 heteroatoms. The summed E-state index contributed by atoms with van der Waals surface area (Å²) in [5.41, 5.74) is 0. The zero-order valence-electron chi connectivity index (χ0n) is 5.55. The van der Waals surface area contributed by atoms with Gasteiger partial charge in [0.15, 0.2) is 0 Å². The first kappa shape index (κ1) is 9.43. The van der Waals surface area contributed by atoms with E-state index < -0.39 is 5.97 Å². The Hall–Kier alpha value is 0.430. The predicted octanol–water partition coefficient (Wildman–Crippen LogP) is -3.17. The van der Waals surface area contributed by atoms with Gasteiger partial charge in [0.1, 0.15) is 6.04 Å². The summed E-state index contributed by atoms with van der Waals surface area (Å²) in [5.74, 6) is -0.720. The van der Waals surface area contributed by atoms with Crippen molar-refractivity contribution in [3.05, 3.63) is 0 Å². The van der Waals surface area contributed by atoms with Crippen molar-refractivity contribution in [2.75, 3.05) is 6.54 Å². The van der Waals surface area contributed by atoms with Gasteiger partial charge in [0.25, 0.3) is 0 Å². The molecule has 0 radical (unpaired) electrons. The molecule has 1 saturated heterocycles. The van der Waals surface area contributed by atoms with Crippen molar-refractivity contribution in [3.63, 3.8) is 0 Å². The molecule has 1 fully saturated rings. The van der Waals surface area contributed by atoms with E-state index in [1.807, 2.05) is 0 Å². The molecule has 1 atom stereocenters. The molecular formula is C5H9NNaO2+. The van der Waals surface area contributed by atoms with Crippen LogP contribution in [0.5, 0.6) is 0 Å². The zero-order chi connectivity index (χ0) is 5.98. The van der Waals surface area contributed by atoms with E-state index in [-0.39, 0.29) is 35.6 Å². The van der Waals surface area contributed by atoms with E-state index in [1.165, 1.54) is 0 Å². The summed E-state index contributed by atoms with van der Waals surface area (Å²) in [4.78, 5) is 10.1. The summed E-state index contributed by atoms with van der Waals surface area (Å²) in [6.45, 7) is 0.858. The Morgan fingerprint density at radius 2 is 2.33 bits per heavy atom. The molecular weight excluding hydrogens is 129 g/mol. The van der Waals surface area contributed by atoms with Crippen molar-refractivity contribution >= 4 is 5.97 Å². The van der Waals surface area contributed by atoms with E-state index in [2.05, 4.69) is 5.32 Å². The Morgan fingerprint density at radius 1 is 1.67 bits per heavy atom. The van der Waals surface area contributed by atoms with Crippen LogP contribution in [0.3, 0.4) is 0 Å². The van der Waals surface area contributed by atoms with E-state index in [1.54, 1.807) is 0 Å². The van der Waals surface area contributed by atoms with Crippen molar-refractivity contribution in [2.24, 2.45) is 0 Å². The molecule has 0 aliphatic carbocycles. The van der Waals surface area contributed by atoms with Crippen LogP contribution in [0.15, 0.2) is 0 Å². The van der Waals surface area contributed by atoms with Gasteiger partial charge in [-0.3, -0.25) is 4.79 Å². The number of hydrogen-bond acceptors (Lipinski definition) is 2. The molecule has 0 amide bonds. The first-order valence-corrected chi connectivity index (χ1v) is 2.77. The number of carboxylic acids is 1. The van der Waals surface area contributed by atoms with Gasteiger partial charge >= 0.3 is 35.5 Å². The average molecular weight is 138 g/mol. The first-order chi connectivity index (χ1) is 3.80. The van der Waals surface area contributed by atoms with Crippen LogP contribution in [0, 0.1) is 0 Å². The van der Waals surface area contributed by atoms with Gasteiger partial charge in [-0.1, -0.05) is 0 Å². The summed E-state index contributed by atoms with van der Waals surface area (Å²) < 4.78 is 0. The monoisotopic (exact) mass is 138 g/mol. The molecule has 46 valence electrons. The molecule has 3 nitrogen and oxygen atoms in total. The summed E-state index contributed by atoms with van der Waals surface area (Å²) in [6.07, 6.45) is 1.78. The molecule has 0 aromatic heterocycles. The second kappa shape index (κ2) is 4.28. The second-order valence-corrected chi connectivity index (χ2v) is 1.99.